The fraction of sp³-hybridized carbons (Fsp3) is 0.0714. The van der Waals surface area contributed by atoms with E-state index in [1.807, 2.05) is 0 Å². The van der Waals surface area contributed by atoms with Gasteiger partial charge >= 0.3 is 0 Å². The number of nitrogens with one attached hydrogen (secondary N) is 1. The van der Waals surface area contributed by atoms with Crippen molar-refractivity contribution >= 4 is 29.0 Å². The lowest BCUT2D eigenvalue weighted by Gasteiger charge is -2.10. The van der Waals surface area contributed by atoms with Gasteiger partial charge in [0.2, 0.25) is 0 Å². The number of alkyl halides is 2. The van der Waals surface area contributed by atoms with Crippen molar-refractivity contribution in [2.24, 2.45) is 0 Å². The highest BCUT2D eigenvalue weighted by molar-refractivity contribution is 7.99. The molecule has 0 saturated carbocycles. The van der Waals surface area contributed by atoms with E-state index in [2.05, 4.69) is 5.32 Å². The summed E-state index contributed by atoms with van der Waals surface area (Å²) in [5.74, 6) is -3.36. The predicted octanol–water partition coefficient (Wildman–Crippen LogP) is 4.16. The third-order valence-corrected chi connectivity index (χ3v) is 3.48. The molecule has 0 aliphatic rings. The zero-order valence-corrected chi connectivity index (χ0v) is 11.8. The highest BCUT2D eigenvalue weighted by Gasteiger charge is 2.20. The smallest absolute Gasteiger partial charge is 0.288 e. The Morgan fingerprint density at radius 3 is 2.45 bits per heavy atom. The van der Waals surface area contributed by atoms with E-state index >= 15 is 0 Å². The molecule has 0 fully saturated rings. The SMILES string of the molecule is O=C(Nc1ccccc1SC(F)F)c1ccccc1[N+](=O)[O-]. The Labute approximate surface area is 128 Å². The largest absolute Gasteiger partial charge is 0.321 e. The minimum Gasteiger partial charge on any atom is -0.321 e. The molecule has 0 aromatic heterocycles. The maximum absolute atomic E-state index is 12.5. The van der Waals surface area contributed by atoms with Crippen LogP contribution >= 0.6 is 11.8 Å². The topological polar surface area (TPSA) is 72.2 Å². The number of nitrogens with zero attached hydrogens (tertiary/aromatic N) is 1. The standard InChI is InChI=1S/C14H10F2N2O3S/c15-14(16)22-12-8-4-2-6-10(12)17-13(19)9-5-1-3-7-11(9)18(20)21/h1-8,14H,(H,17,19). The van der Waals surface area contributed by atoms with Crippen molar-refractivity contribution in [3.05, 3.63) is 64.2 Å². The maximum atomic E-state index is 12.5. The van der Waals surface area contributed by atoms with Crippen molar-refractivity contribution in [3.63, 3.8) is 0 Å². The zero-order valence-electron chi connectivity index (χ0n) is 11.0. The van der Waals surface area contributed by atoms with Crippen LogP contribution in [0.1, 0.15) is 10.4 Å². The van der Waals surface area contributed by atoms with Crippen LogP contribution in [-0.4, -0.2) is 16.6 Å². The summed E-state index contributed by atoms with van der Waals surface area (Å²) in [6.07, 6.45) is 0. The molecule has 2 rings (SSSR count). The normalized spacial score (nSPS) is 10.5. The van der Waals surface area contributed by atoms with Gasteiger partial charge in [-0.1, -0.05) is 36.0 Å². The van der Waals surface area contributed by atoms with Crippen LogP contribution in [0.5, 0.6) is 0 Å². The summed E-state index contributed by atoms with van der Waals surface area (Å²) in [7, 11) is 0. The van der Waals surface area contributed by atoms with Gasteiger partial charge in [-0.3, -0.25) is 14.9 Å². The van der Waals surface area contributed by atoms with Gasteiger partial charge in [0.05, 0.1) is 10.6 Å². The monoisotopic (exact) mass is 324 g/mol. The van der Waals surface area contributed by atoms with Crippen molar-refractivity contribution in [1.29, 1.82) is 0 Å². The Balaban J connectivity index is 2.29. The van der Waals surface area contributed by atoms with E-state index < -0.39 is 16.6 Å². The van der Waals surface area contributed by atoms with Crippen LogP contribution in [-0.2, 0) is 0 Å². The van der Waals surface area contributed by atoms with Gasteiger partial charge in [0.25, 0.3) is 17.4 Å². The molecule has 0 heterocycles. The van der Waals surface area contributed by atoms with E-state index in [1.165, 1.54) is 36.4 Å². The Hall–Kier alpha value is -2.48. The van der Waals surface area contributed by atoms with Crippen LogP contribution in [0.25, 0.3) is 0 Å². The highest BCUT2D eigenvalue weighted by Crippen LogP contribution is 2.32. The summed E-state index contributed by atoms with van der Waals surface area (Å²) >= 11 is 0.291. The Kier molecular flexibility index (Phi) is 5.05. The highest BCUT2D eigenvalue weighted by atomic mass is 32.2. The first-order valence-electron chi connectivity index (χ1n) is 6.07. The molecule has 0 saturated heterocycles. The molecular weight excluding hydrogens is 314 g/mol. The van der Waals surface area contributed by atoms with Gasteiger partial charge in [0.15, 0.2) is 0 Å². The molecule has 22 heavy (non-hydrogen) atoms. The molecule has 114 valence electrons. The average Bonchev–Trinajstić information content (AvgIpc) is 2.48. The Bertz CT molecular complexity index is 710. The number of nitro benzene ring substituents is 1. The summed E-state index contributed by atoms with van der Waals surface area (Å²) in [6, 6.07) is 11.5. The van der Waals surface area contributed by atoms with Gasteiger partial charge in [-0.15, -0.1) is 0 Å². The molecule has 0 atom stereocenters. The van der Waals surface area contributed by atoms with Crippen LogP contribution in [0.2, 0.25) is 0 Å². The van der Waals surface area contributed by atoms with Crippen molar-refractivity contribution in [2.75, 3.05) is 5.32 Å². The molecule has 2 aromatic carbocycles. The first kappa shape index (κ1) is 15.9. The van der Waals surface area contributed by atoms with Gasteiger partial charge in [-0.25, -0.2) is 0 Å². The molecule has 2 aromatic rings. The second kappa shape index (κ2) is 6.99. The van der Waals surface area contributed by atoms with E-state index in [0.29, 0.717) is 11.8 Å². The second-order valence-electron chi connectivity index (χ2n) is 4.10. The number of carbonyl (C=O) groups is 1. The summed E-state index contributed by atoms with van der Waals surface area (Å²) < 4.78 is 25.0. The minimum atomic E-state index is -2.64. The maximum Gasteiger partial charge on any atom is 0.288 e. The number of rotatable bonds is 5. The fourth-order valence-electron chi connectivity index (χ4n) is 1.78. The van der Waals surface area contributed by atoms with E-state index in [1.54, 1.807) is 12.1 Å². The van der Waals surface area contributed by atoms with Crippen molar-refractivity contribution in [3.8, 4) is 0 Å². The minimum absolute atomic E-state index is 0.135. The fourth-order valence-corrected chi connectivity index (χ4v) is 2.38. The molecule has 5 nitrogen and oxygen atoms in total. The number of benzene rings is 2. The number of hydrogen-bond donors (Lipinski definition) is 1. The van der Waals surface area contributed by atoms with Crippen LogP contribution in [0.3, 0.4) is 0 Å². The third kappa shape index (κ3) is 3.79. The Morgan fingerprint density at radius 1 is 1.14 bits per heavy atom. The first-order chi connectivity index (χ1) is 10.5. The molecule has 0 radical (unpaired) electrons. The van der Waals surface area contributed by atoms with Gasteiger partial charge in [0.1, 0.15) is 5.56 Å². The molecular formula is C14H10F2N2O3S. The number of halogens is 2. The van der Waals surface area contributed by atoms with Crippen LogP contribution in [0.4, 0.5) is 20.2 Å². The summed E-state index contributed by atoms with van der Waals surface area (Å²) in [6.45, 7) is 0. The molecule has 0 bridgehead atoms. The molecule has 1 amide bonds. The predicted molar refractivity (Wildman–Crippen MR) is 79.4 cm³/mol. The number of thioether (sulfide) groups is 1. The number of amides is 1. The average molecular weight is 324 g/mol. The van der Waals surface area contributed by atoms with E-state index in [9.17, 15) is 23.7 Å². The van der Waals surface area contributed by atoms with Crippen LogP contribution in [0.15, 0.2) is 53.4 Å². The summed E-state index contributed by atoms with van der Waals surface area (Å²) in [4.78, 5) is 22.6. The quantitative estimate of drug-likeness (QED) is 0.509. The summed E-state index contributed by atoms with van der Waals surface area (Å²) in [5.41, 5.74) is -0.306. The molecule has 0 aliphatic heterocycles. The molecule has 0 spiro atoms. The van der Waals surface area contributed by atoms with Crippen molar-refractivity contribution in [1.82, 2.24) is 0 Å². The lowest BCUT2D eigenvalue weighted by molar-refractivity contribution is -0.385. The first-order valence-corrected chi connectivity index (χ1v) is 6.95. The lowest BCUT2D eigenvalue weighted by Crippen LogP contribution is -2.14. The van der Waals surface area contributed by atoms with Crippen molar-refractivity contribution in [2.45, 2.75) is 10.7 Å². The zero-order chi connectivity index (χ0) is 16.1. The molecule has 0 aliphatic carbocycles. The number of para-hydroxylation sites is 2. The van der Waals surface area contributed by atoms with E-state index in [0.717, 1.165) is 0 Å². The number of nitro groups is 1. The second-order valence-corrected chi connectivity index (χ2v) is 5.13. The molecule has 1 N–H and O–H groups in total. The lowest BCUT2D eigenvalue weighted by atomic mass is 10.1. The molecule has 0 unspecified atom stereocenters. The van der Waals surface area contributed by atoms with Gasteiger partial charge in [-0.2, -0.15) is 8.78 Å². The third-order valence-electron chi connectivity index (χ3n) is 2.70. The summed E-state index contributed by atoms with van der Waals surface area (Å²) in [5, 5.41) is 13.3. The van der Waals surface area contributed by atoms with Gasteiger partial charge in [-0.05, 0) is 18.2 Å². The van der Waals surface area contributed by atoms with E-state index in [4.69, 9.17) is 0 Å². The van der Waals surface area contributed by atoms with Gasteiger partial charge in [0, 0.05) is 11.0 Å². The van der Waals surface area contributed by atoms with E-state index in [-0.39, 0.29) is 21.8 Å². The number of anilines is 1. The molecule has 8 heteroatoms. The van der Waals surface area contributed by atoms with Crippen LogP contribution < -0.4 is 5.32 Å². The Morgan fingerprint density at radius 2 is 1.77 bits per heavy atom. The number of carbonyl (C=O) groups excluding carboxylic acids is 1. The van der Waals surface area contributed by atoms with Crippen molar-refractivity contribution < 1.29 is 18.5 Å². The van der Waals surface area contributed by atoms with Crippen LogP contribution in [0, 0.1) is 10.1 Å². The number of hydrogen-bond acceptors (Lipinski definition) is 4. The van der Waals surface area contributed by atoms with Gasteiger partial charge < -0.3 is 5.32 Å².